The zero-order valence-electron chi connectivity index (χ0n) is 16.7. The molecule has 3 aromatic rings. The van der Waals surface area contributed by atoms with E-state index in [4.69, 9.17) is 0 Å². The standard InChI is InChI=1S/C20H13F4N7O2/c1-11(31-26-7-8-27-31)18(21)29-19(33)14-9-28-30(17(14)20(22,23)24)16-4-2-3-12-13(16)5-6-25-15(12)10-32/h2-9,25H,1H3,(H,29,33). The van der Waals surface area contributed by atoms with Crippen LogP contribution in [0.15, 0.2) is 48.9 Å². The van der Waals surface area contributed by atoms with Crippen LogP contribution in [-0.4, -0.2) is 36.6 Å². The van der Waals surface area contributed by atoms with E-state index in [9.17, 15) is 27.2 Å². The third-order valence-electron chi connectivity index (χ3n) is 4.70. The van der Waals surface area contributed by atoms with Crippen molar-refractivity contribution in [3.05, 3.63) is 71.3 Å². The van der Waals surface area contributed by atoms with Crippen molar-refractivity contribution < 1.29 is 27.2 Å². The van der Waals surface area contributed by atoms with Gasteiger partial charge in [-0.25, -0.2) is 9.48 Å². The van der Waals surface area contributed by atoms with Gasteiger partial charge in [-0.3, -0.25) is 10.1 Å². The lowest BCUT2D eigenvalue weighted by molar-refractivity contribution is -0.143. The molecule has 168 valence electrons. The lowest BCUT2D eigenvalue weighted by Gasteiger charge is -2.19. The number of alkyl halides is 3. The Hall–Kier alpha value is -4.51. The number of amides is 1. The summed E-state index contributed by atoms with van der Waals surface area (Å²) in [6, 6.07) is 4.29. The molecule has 0 radical (unpaired) electrons. The molecule has 33 heavy (non-hydrogen) atoms. The summed E-state index contributed by atoms with van der Waals surface area (Å²) in [6.07, 6.45) is 1.01. The monoisotopic (exact) mass is 459 g/mol. The highest BCUT2D eigenvalue weighted by atomic mass is 19.4. The lowest BCUT2D eigenvalue weighted by Crippen LogP contribution is -2.26. The lowest BCUT2D eigenvalue weighted by atomic mass is 10.0. The second kappa shape index (κ2) is 8.20. The molecule has 1 aromatic carbocycles. The Morgan fingerprint density at radius 1 is 1.18 bits per heavy atom. The molecule has 13 heteroatoms. The number of hydrogen-bond acceptors (Lipinski definition) is 6. The molecule has 0 unspecified atom stereocenters. The number of fused-ring (bicyclic) bond motifs is 1. The first kappa shape index (κ1) is 21.7. The molecule has 0 atom stereocenters. The third kappa shape index (κ3) is 3.92. The smallest absolute Gasteiger partial charge is 0.352 e. The van der Waals surface area contributed by atoms with Gasteiger partial charge in [0, 0.05) is 17.3 Å². The first-order valence-electron chi connectivity index (χ1n) is 9.24. The van der Waals surface area contributed by atoms with Gasteiger partial charge in [0.1, 0.15) is 11.4 Å². The minimum atomic E-state index is -5.02. The molecule has 3 heterocycles. The van der Waals surface area contributed by atoms with E-state index in [0.717, 1.165) is 4.80 Å². The summed E-state index contributed by atoms with van der Waals surface area (Å²) in [5.74, 6) is -0.920. The van der Waals surface area contributed by atoms with E-state index in [1.54, 1.807) is 11.3 Å². The molecule has 2 aromatic heterocycles. The predicted molar refractivity (Wildman–Crippen MR) is 107 cm³/mol. The highest BCUT2D eigenvalue weighted by Gasteiger charge is 2.41. The van der Waals surface area contributed by atoms with Gasteiger partial charge in [-0.2, -0.15) is 37.7 Å². The van der Waals surface area contributed by atoms with Gasteiger partial charge in [0.15, 0.2) is 11.6 Å². The molecular formula is C20H13F4N7O2. The van der Waals surface area contributed by atoms with E-state index in [1.165, 1.54) is 49.8 Å². The first-order valence-corrected chi connectivity index (χ1v) is 9.24. The predicted octanol–water partition coefficient (Wildman–Crippen LogP) is 2.77. The summed E-state index contributed by atoms with van der Waals surface area (Å²) in [5, 5.41) is 15.6. The van der Waals surface area contributed by atoms with Crippen molar-refractivity contribution in [1.82, 2.24) is 35.4 Å². The van der Waals surface area contributed by atoms with E-state index in [1.807, 2.05) is 0 Å². The van der Waals surface area contributed by atoms with Crippen molar-refractivity contribution in [3.8, 4) is 5.69 Å². The number of nitrogens with zero attached hydrogens (tertiary/aromatic N) is 5. The normalized spacial score (nSPS) is 13.7. The van der Waals surface area contributed by atoms with E-state index in [0.29, 0.717) is 16.4 Å². The number of rotatable bonds is 4. The molecule has 0 spiro atoms. The fourth-order valence-corrected chi connectivity index (χ4v) is 3.21. The Labute approximate surface area is 182 Å². The SMILES string of the molecule is CC(=C(F)NC(=O)c1cnn(-c2cccc3c2C=CNC3=C=O)c1C(F)(F)F)n1nccn1. The van der Waals surface area contributed by atoms with Crippen LogP contribution in [0, 0.1) is 0 Å². The number of carbonyl (C=O) groups excluding carboxylic acids is 2. The number of aromatic nitrogens is 5. The van der Waals surface area contributed by atoms with E-state index in [-0.39, 0.29) is 22.6 Å². The number of benzene rings is 1. The molecule has 0 bridgehead atoms. The van der Waals surface area contributed by atoms with Gasteiger partial charge in [-0.15, -0.1) is 0 Å². The quantitative estimate of drug-likeness (QED) is 0.353. The Kier molecular flexibility index (Phi) is 5.40. The molecule has 1 aliphatic heterocycles. The molecule has 1 amide bonds. The van der Waals surface area contributed by atoms with Crippen molar-refractivity contribution in [2.45, 2.75) is 13.1 Å². The van der Waals surface area contributed by atoms with Crippen molar-refractivity contribution in [3.63, 3.8) is 0 Å². The maximum absolute atomic E-state index is 14.4. The first-order chi connectivity index (χ1) is 15.7. The number of carbonyl (C=O) groups is 1. The van der Waals surface area contributed by atoms with Crippen LogP contribution in [0.25, 0.3) is 23.2 Å². The molecule has 0 saturated heterocycles. The van der Waals surface area contributed by atoms with Crippen LogP contribution in [0.2, 0.25) is 0 Å². The molecule has 0 saturated carbocycles. The Morgan fingerprint density at radius 3 is 2.58 bits per heavy atom. The zero-order valence-corrected chi connectivity index (χ0v) is 16.7. The van der Waals surface area contributed by atoms with Crippen molar-refractivity contribution >= 4 is 29.3 Å². The van der Waals surface area contributed by atoms with Crippen LogP contribution < -0.4 is 10.6 Å². The van der Waals surface area contributed by atoms with E-state index < -0.39 is 29.3 Å². The van der Waals surface area contributed by atoms with Crippen LogP contribution in [0.1, 0.15) is 34.1 Å². The minimum Gasteiger partial charge on any atom is -0.352 e. The highest BCUT2D eigenvalue weighted by molar-refractivity contribution is 5.97. The van der Waals surface area contributed by atoms with Crippen LogP contribution in [0.4, 0.5) is 17.6 Å². The van der Waals surface area contributed by atoms with Gasteiger partial charge in [-0.1, -0.05) is 12.1 Å². The Balaban J connectivity index is 1.80. The van der Waals surface area contributed by atoms with Gasteiger partial charge < -0.3 is 5.32 Å². The summed E-state index contributed by atoms with van der Waals surface area (Å²) in [5.41, 5.74) is -2.02. The number of allylic oxidation sites excluding steroid dienone is 1. The second-order valence-electron chi connectivity index (χ2n) is 6.68. The molecule has 0 fully saturated rings. The average molecular weight is 459 g/mol. The fourth-order valence-electron chi connectivity index (χ4n) is 3.21. The Bertz CT molecular complexity index is 1350. The van der Waals surface area contributed by atoms with Crippen LogP contribution in [0.5, 0.6) is 0 Å². The van der Waals surface area contributed by atoms with Crippen LogP contribution in [0.3, 0.4) is 0 Å². The van der Waals surface area contributed by atoms with Gasteiger partial charge in [0.25, 0.3) is 5.91 Å². The second-order valence-corrected chi connectivity index (χ2v) is 6.68. The number of halogens is 4. The van der Waals surface area contributed by atoms with Crippen molar-refractivity contribution in [2.24, 2.45) is 0 Å². The number of nitrogens with one attached hydrogen (secondary N) is 2. The zero-order chi connectivity index (χ0) is 23.8. The molecule has 4 rings (SSSR count). The molecule has 0 aliphatic carbocycles. The third-order valence-corrected chi connectivity index (χ3v) is 4.70. The van der Waals surface area contributed by atoms with Gasteiger partial charge >= 0.3 is 6.18 Å². The van der Waals surface area contributed by atoms with E-state index >= 15 is 0 Å². The molecule has 9 nitrogen and oxygen atoms in total. The largest absolute Gasteiger partial charge is 0.434 e. The Morgan fingerprint density at radius 2 is 1.91 bits per heavy atom. The molecular weight excluding hydrogens is 446 g/mol. The minimum absolute atomic E-state index is 0.0305. The van der Waals surface area contributed by atoms with Gasteiger partial charge in [0.2, 0.25) is 5.95 Å². The van der Waals surface area contributed by atoms with Crippen molar-refractivity contribution in [1.29, 1.82) is 0 Å². The summed E-state index contributed by atoms with van der Waals surface area (Å²) in [4.78, 5) is 24.6. The van der Waals surface area contributed by atoms with Gasteiger partial charge in [-0.05, 0) is 19.1 Å². The van der Waals surface area contributed by atoms with E-state index in [2.05, 4.69) is 20.6 Å². The highest BCUT2D eigenvalue weighted by Crippen LogP contribution is 2.36. The molecule has 2 N–H and O–H groups in total. The summed E-state index contributed by atoms with van der Waals surface area (Å²) in [6.45, 7) is 1.23. The van der Waals surface area contributed by atoms with Crippen LogP contribution >= 0.6 is 0 Å². The fraction of sp³-hybridized carbons (Fsp3) is 0.100. The topological polar surface area (TPSA) is 107 Å². The summed E-state index contributed by atoms with van der Waals surface area (Å²) < 4.78 is 57.0. The maximum Gasteiger partial charge on any atom is 0.434 e. The summed E-state index contributed by atoms with van der Waals surface area (Å²) in [7, 11) is 0. The van der Waals surface area contributed by atoms with Crippen molar-refractivity contribution in [2.75, 3.05) is 0 Å². The summed E-state index contributed by atoms with van der Waals surface area (Å²) >= 11 is 0. The average Bonchev–Trinajstić information content (AvgIpc) is 3.47. The van der Waals surface area contributed by atoms with Crippen LogP contribution in [-0.2, 0) is 11.0 Å². The maximum atomic E-state index is 14.4. The van der Waals surface area contributed by atoms with Gasteiger partial charge in [0.05, 0.1) is 29.8 Å². The number of hydrogen-bond donors (Lipinski definition) is 2. The molecule has 1 aliphatic rings.